The second kappa shape index (κ2) is 11.8. The lowest BCUT2D eigenvalue weighted by Gasteiger charge is -2.30. The largest absolute Gasteiger partial charge is 0.481 e. The van der Waals surface area contributed by atoms with E-state index in [1.807, 2.05) is 19.9 Å². The van der Waals surface area contributed by atoms with Crippen LogP contribution in [0.3, 0.4) is 0 Å². The Morgan fingerprint density at radius 3 is 2.91 bits per heavy atom. The summed E-state index contributed by atoms with van der Waals surface area (Å²) in [6.45, 7) is 6.46. The van der Waals surface area contributed by atoms with Crippen LogP contribution >= 0.6 is 0 Å². The topological polar surface area (TPSA) is 87.6 Å². The smallest absolute Gasteiger partial charge is 0.311 e. The van der Waals surface area contributed by atoms with Gasteiger partial charge in [0.2, 0.25) is 0 Å². The van der Waals surface area contributed by atoms with Crippen molar-refractivity contribution in [3.63, 3.8) is 0 Å². The number of aliphatic carboxylic acids is 1. The van der Waals surface area contributed by atoms with Gasteiger partial charge in [-0.3, -0.25) is 9.78 Å². The number of hydrogen-bond acceptors (Lipinski definition) is 6. The van der Waals surface area contributed by atoms with Crippen molar-refractivity contribution in [3.05, 3.63) is 47.4 Å². The van der Waals surface area contributed by atoms with Crippen LogP contribution in [0.15, 0.2) is 30.6 Å². The van der Waals surface area contributed by atoms with Crippen molar-refractivity contribution in [2.75, 3.05) is 37.0 Å². The molecule has 7 heteroatoms. The number of nitrogens with one attached hydrogen (secondary N) is 1. The van der Waals surface area contributed by atoms with Crippen LogP contribution in [0.25, 0.3) is 0 Å². The van der Waals surface area contributed by atoms with Crippen LogP contribution in [0.1, 0.15) is 62.3 Å². The number of fused-ring (bicyclic) bond motifs is 1. The van der Waals surface area contributed by atoms with Crippen LogP contribution in [0.2, 0.25) is 0 Å². The molecule has 2 aromatic heterocycles. The van der Waals surface area contributed by atoms with E-state index < -0.39 is 11.9 Å². The molecule has 2 N–H and O–H groups in total. The van der Waals surface area contributed by atoms with Crippen molar-refractivity contribution < 1.29 is 14.6 Å². The third-order valence-electron chi connectivity index (χ3n) is 6.19. The molecule has 0 saturated carbocycles. The second-order valence-corrected chi connectivity index (χ2v) is 8.52. The molecule has 2 atom stereocenters. The van der Waals surface area contributed by atoms with Crippen LogP contribution < -0.4 is 10.2 Å². The van der Waals surface area contributed by atoms with Gasteiger partial charge in [0, 0.05) is 56.1 Å². The number of rotatable bonds is 12. The Kier molecular flexibility index (Phi) is 8.85. The Labute approximate surface area is 191 Å². The average molecular weight is 441 g/mol. The number of methoxy groups -OCH3 is 1. The van der Waals surface area contributed by atoms with Gasteiger partial charge >= 0.3 is 5.97 Å². The molecule has 2 aromatic rings. The number of carbonyl (C=O) groups is 1. The summed E-state index contributed by atoms with van der Waals surface area (Å²) in [7, 11) is 1.71. The summed E-state index contributed by atoms with van der Waals surface area (Å²) in [6.07, 6.45) is 9.20. The highest BCUT2D eigenvalue weighted by Gasteiger charge is 2.24. The lowest BCUT2D eigenvalue weighted by Crippen LogP contribution is -2.34. The van der Waals surface area contributed by atoms with Crippen molar-refractivity contribution in [3.8, 4) is 0 Å². The fourth-order valence-corrected chi connectivity index (χ4v) is 4.30. The Morgan fingerprint density at radius 2 is 2.16 bits per heavy atom. The molecule has 0 spiro atoms. The van der Waals surface area contributed by atoms with Crippen LogP contribution in [0.5, 0.6) is 0 Å². The first kappa shape index (κ1) is 24.0. The van der Waals surface area contributed by atoms with Crippen LogP contribution in [-0.2, 0) is 22.4 Å². The third-order valence-corrected chi connectivity index (χ3v) is 6.19. The molecule has 174 valence electrons. The van der Waals surface area contributed by atoms with Crippen LogP contribution in [0.4, 0.5) is 11.5 Å². The highest BCUT2D eigenvalue weighted by atomic mass is 16.5. The lowest BCUT2D eigenvalue weighted by molar-refractivity contribution is -0.138. The average Bonchev–Trinajstić information content (AvgIpc) is 2.81. The van der Waals surface area contributed by atoms with E-state index in [9.17, 15) is 9.90 Å². The molecule has 0 fully saturated rings. The summed E-state index contributed by atoms with van der Waals surface area (Å²) in [5.41, 5.74) is 4.15. The van der Waals surface area contributed by atoms with E-state index in [-0.39, 0.29) is 6.10 Å². The van der Waals surface area contributed by atoms with E-state index in [2.05, 4.69) is 27.3 Å². The fourth-order valence-electron chi connectivity index (χ4n) is 4.30. The van der Waals surface area contributed by atoms with E-state index in [0.29, 0.717) is 13.0 Å². The van der Waals surface area contributed by atoms with E-state index in [0.717, 1.165) is 61.5 Å². The maximum absolute atomic E-state index is 11.8. The first-order chi connectivity index (χ1) is 15.5. The van der Waals surface area contributed by atoms with E-state index in [4.69, 9.17) is 9.72 Å². The fraction of sp³-hybridized carbons (Fsp3) is 0.560. The molecule has 7 nitrogen and oxygen atoms in total. The molecule has 3 heterocycles. The van der Waals surface area contributed by atoms with Gasteiger partial charge < -0.3 is 20.1 Å². The molecule has 0 aromatic carbocycles. The molecule has 1 aliphatic heterocycles. The summed E-state index contributed by atoms with van der Waals surface area (Å²) in [4.78, 5) is 23.1. The molecule has 1 aliphatic rings. The molecule has 0 radical (unpaired) electrons. The number of aromatic nitrogens is 2. The van der Waals surface area contributed by atoms with E-state index >= 15 is 0 Å². The minimum Gasteiger partial charge on any atom is -0.481 e. The Morgan fingerprint density at radius 1 is 1.31 bits per heavy atom. The van der Waals surface area contributed by atoms with Gasteiger partial charge in [0.25, 0.3) is 0 Å². The number of carboxylic acid groups (broad SMARTS) is 1. The molecule has 0 unspecified atom stereocenters. The Balaban J connectivity index is 1.67. The van der Waals surface area contributed by atoms with Gasteiger partial charge in [-0.2, -0.15) is 0 Å². The summed E-state index contributed by atoms with van der Waals surface area (Å²) >= 11 is 0. The zero-order valence-corrected chi connectivity index (χ0v) is 19.5. The maximum atomic E-state index is 11.8. The SMILES string of the molecule is CC[C@H](C(=O)O)c1cnccc1N(CCCCc1ccc2c(n1)NCCC2)C[C@@H](C)OC. The minimum absolute atomic E-state index is 0.0364. The molecule has 0 amide bonds. The van der Waals surface area contributed by atoms with Gasteiger partial charge in [-0.05, 0) is 63.1 Å². The minimum atomic E-state index is -0.811. The Bertz CT molecular complexity index is 889. The highest BCUT2D eigenvalue weighted by Crippen LogP contribution is 2.30. The molecule has 0 saturated heterocycles. The predicted octanol–water partition coefficient (Wildman–Crippen LogP) is 4.28. The van der Waals surface area contributed by atoms with Gasteiger partial charge in [-0.25, -0.2) is 4.98 Å². The van der Waals surface area contributed by atoms with Gasteiger partial charge in [-0.15, -0.1) is 0 Å². The summed E-state index contributed by atoms with van der Waals surface area (Å²) in [5, 5.41) is 13.1. The summed E-state index contributed by atoms with van der Waals surface area (Å²) < 4.78 is 5.51. The van der Waals surface area contributed by atoms with Crippen molar-refractivity contribution in [1.82, 2.24) is 9.97 Å². The molecular formula is C25H36N4O3. The van der Waals surface area contributed by atoms with Crippen molar-refractivity contribution in [1.29, 1.82) is 0 Å². The van der Waals surface area contributed by atoms with Crippen molar-refractivity contribution in [2.24, 2.45) is 0 Å². The van der Waals surface area contributed by atoms with Gasteiger partial charge in [-0.1, -0.05) is 13.0 Å². The zero-order valence-electron chi connectivity index (χ0n) is 19.5. The first-order valence-electron chi connectivity index (χ1n) is 11.7. The third kappa shape index (κ3) is 6.19. The number of unbranched alkanes of at least 4 members (excludes halogenated alkanes) is 1. The lowest BCUT2D eigenvalue weighted by atomic mass is 9.96. The normalized spacial score (nSPS) is 14.8. The molecule has 0 bridgehead atoms. The van der Waals surface area contributed by atoms with Crippen molar-refractivity contribution >= 4 is 17.5 Å². The summed E-state index contributed by atoms with van der Waals surface area (Å²) in [5.74, 6) is -0.329. The highest BCUT2D eigenvalue weighted by molar-refractivity contribution is 5.78. The number of carboxylic acids is 1. The predicted molar refractivity (Wildman–Crippen MR) is 128 cm³/mol. The van der Waals surface area contributed by atoms with Gasteiger partial charge in [0.15, 0.2) is 0 Å². The maximum Gasteiger partial charge on any atom is 0.311 e. The monoisotopic (exact) mass is 440 g/mol. The zero-order chi connectivity index (χ0) is 22.9. The summed E-state index contributed by atoms with van der Waals surface area (Å²) in [6, 6.07) is 6.28. The van der Waals surface area contributed by atoms with Gasteiger partial charge in [0.05, 0.1) is 12.0 Å². The van der Waals surface area contributed by atoms with Crippen LogP contribution in [-0.4, -0.2) is 53.9 Å². The van der Waals surface area contributed by atoms with E-state index in [1.165, 1.54) is 12.0 Å². The second-order valence-electron chi connectivity index (χ2n) is 8.52. The molecular weight excluding hydrogens is 404 g/mol. The number of pyridine rings is 2. The number of hydrogen-bond donors (Lipinski definition) is 2. The number of anilines is 2. The molecule has 32 heavy (non-hydrogen) atoms. The quantitative estimate of drug-likeness (QED) is 0.476. The number of aryl methyl sites for hydroxylation is 2. The standard InChI is InChI=1S/C25H36N4O3/c1-4-21(25(30)31)22-16-26-14-12-23(22)29(17-18(2)32-3)15-6-5-9-20-11-10-19-8-7-13-27-24(19)28-20/h10-12,14,16,18,21H,4-9,13,15,17H2,1-3H3,(H,27,28)(H,30,31)/t18-,21+/m1/s1. The first-order valence-corrected chi connectivity index (χ1v) is 11.7. The number of nitrogens with zero attached hydrogens (tertiary/aromatic N) is 3. The van der Waals surface area contributed by atoms with E-state index in [1.54, 1.807) is 19.5 Å². The van der Waals surface area contributed by atoms with Crippen molar-refractivity contribution in [2.45, 2.75) is 64.4 Å². The molecule has 0 aliphatic carbocycles. The van der Waals surface area contributed by atoms with Crippen LogP contribution in [0, 0.1) is 0 Å². The Hall–Kier alpha value is -2.67. The van der Waals surface area contributed by atoms with Gasteiger partial charge in [0.1, 0.15) is 5.82 Å². The molecule has 3 rings (SSSR count). The number of ether oxygens (including phenoxy) is 1.